The van der Waals surface area contributed by atoms with Crippen LogP contribution in [0.15, 0.2) is 23.1 Å². The summed E-state index contributed by atoms with van der Waals surface area (Å²) in [6, 6.07) is 3.16. The largest absolute Gasteiger partial charge is 0.495 e. The van der Waals surface area contributed by atoms with E-state index in [1.807, 2.05) is 13.8 Å². The van der Waals surface area contributed by atoms with E-state index in [9.17, 15) is 17.6 Å². The van der Waals surface area contributed by atoms with E-state index in [1.54, 1.807) is 0 Å². The Labute approximate surface area is 130 Å². The van der Waals surface area contributed by atoms with Crippen molar-refractivity contribution in [2.75, 3.05) is 20.7 Å². The number of halogens is 1. The van der Waals surface area contributed by atoms with Crippen LogP contribution in [0.25, 0.3) is 0 Å². The van der Waals surface area contributed by atoms with E-state index >= 15 is 0 Å². The van der Waals surface area contributed by atoms with Gasteiger partial charge in [-0.1, -0.05) is 6.92 Å². The number of rotatable bonds is 7. The highest BCUT2D eigenvalue weighted by molar-refractivity contribution is 7.89. The van der Waals surface area contributed by atoms with Gasteiger partial charge in [-0.05, 0) is 31.5 Å². The molecule has 1 N–H and O–H groups in total. The lowest BCUT2D eigenvalue weighted by atomic mass is 10.2. The topological polar surface area (TPSA) is 75.7 Å². The Morgan fingerprint density at radius 1 is 1.45 bits per heavy atom. The van der Waals surface area contributed by atoms with Crippen LogP contribution in [0, 0.1) is 5.82 Å². The second-order valence-corrected chi connectivity index (χ2v) is 6.95. The van der Waals surface area contributed by atoms with Gasteiger partial charge in [0.05, 0.1) is 13.7 Å². The van der Waals surface area contributed by atoms with Crippen molar-refractivity contribution >= 4 is 15.9 Å². The number of benzene rings is 1. The molecule has 6 nitrogen and oxygen atoms in total. The van der Waals surface area contributed by atoms with Crippen molar-refractivity contribution in [2.45, 2.75) is 31.2 Å². The molecule has 0 saturated carbocycles. The number of carbonyl (C=O) groups is 1. The van der Waals surface area contributed by atoms with Crippen molar-refractivity contribution in [3.05, 3.63) is 24.0 Å². The fraction of sp³-hybridized carbons (Fsp3) is 0.500. The number of hydrogen-bond acceptors (Lipinski definition) is 4. The van der Waals surface area contributed by atoms with E-state index in [-0.39, 0.29) is 23.2 Å². The molecule has 1 aromatic rings. The van der Waals surface area contributed by atoms with Crippen LogP contribution in [0.4, 0.5) is 4.39 Å². The van der Waals surface area contributed by atoms with Gasteiger partial charge in [0.15, 0.2) is 0 Å². The number of ether oxygens (including phenoxy) is 1. The van der Waals surface area contributed by atoms with E-state index in [2.05, 4.69) is 5.32 Å². The molecule has 0 aromatic heterocycles. The maximum atomic E-state index is 13.3. The number of nitrogens with zero attached hydrogens (tertiary/aromatic N) is 1. The van der Waals surface area contributed by atoms with E-state index < -0.39 is 21.7 Å². The summed E-state index contributed by atoms with van der Waals surface area (Å²) >= 11 is 0. The van der Waals surface area contributed by atoms with Crippen LogP contribution >= 0.6 is 0 Å². The smallest absolute Gasteiger partial charge is 0.247 e. The lowest BCUT2D eigenvalue weighted by molar-refractivity contribution is -0.121. The van der Waals surface area contributed by atoms with Crippen molar-refractivity contribution in [3.63, 3.8) is 0 Å². The Hall–Kier alpha value is -1.67. The van der Waals surface area contributed by atoms with Gasteiger partial charge in [0, 0.05) is 13.1 Å². The minimum atomic E-state index is -4.03. The van der Waals surface area contributed by atoms with Gasteiger partial charge >= 0.3 is 0 Å². The number of amides is 1. The molecular formula is C14H21FN2O4S. The summed E-state index contributed by atoms with van der Waals surface area (Å²) in [4.78, 5) is 11.5. The summed E-state index contributed by atoms with van der Waals surface area (Å²) in [5, 5.41) is 2.67. The monoisotopic (exact) mass is 332 g/mol. The Balaban J connectivity index is 2.99. The SMILES string of the molecule is CC[C@H](C)NC(=O)CN(C)S(=O)(=O)c1cc(F)ccc1OC. The first-order chi connectivity index (χ1) is 10.2. The van der Waals surface area contributed by atoms with Crippen molar-refractivity contribution in [1.82, 2.24) is 9.62 Å². The van der Waals surface area contributed by atoms with E-state index in [1.165, 1.54) is 20.2 Å². The molecule has 1 amide bonds. The zero-order chi connectivity index (χ0) is 16.9. The molecule has 1 atom stereocenters. The van der Waals surface area contributed by atoms with E-state index in [4.69, 9.17) is 4.74 Å². The highest BCUT2D eigenvalue weighted by atomic mass is 32.2. The molecule has 0 aliphatic carbocycles. The van der Waals surface area contributed by atoms with Crippen molar-refractivity contribution in [2.24, 2.45) is 0 Å². The second kappa shape index (κ2) is 7.55. The fourth-order valence-corrected chi connectivity index (χ4v) is 3.02. The molecule has 0 heterocycles. The van der Waals surface area contributed by atoms with Crippen molar-refractivity contribution in [1.29, 1.82) is 0 Å². The second-order valence-electron chi connectivity index (χ2n) is 4.93. The maximum Gasteiger partial charge on any atom is 0.247 e. The van der Waals surface area contributed by atoms with Gasteiger partial charge in [0.1, 0.15) is 16.5 Å². The maximum absolute atomic E-state index is 13.3. The van der Waals surface area contributed by atoms with Gasteiger partial charge in [0.2, 0.25) is 15.9 Å². The standard InChI is InChI=1S/C14H21FN2O4S/c1-5-10(2)16-14(18)9-17(3)22(19,20)13-8-11(15)6-7-12(13)21-4/h6-8,10H,5,9H2,1-4H3,(H,16,18)/t10-/m0/s1. The first kappa shape index (κ1) is 18.4. The van der Waals surface area contributed by atoms with Crippen LogP contribution in [0.5, 0.6) is 5.75 Å². The van der Waals surface area contributed by atoms with E-state index in [0.29, 0.717) is 0 Å². The van der Waals surface area contributed by atoms with Crippen LogP contribution in [-0.2, 0) is 14.8 Å². The zero-order valence-corrected chi connectivity index (χ0v) is 13.9. The lowest BCUT2D eigenvalue weighted by Crippen LogP contribution is -2.41. The molecule has 0 radical (unpaired) electrons. The lowest BCUT2D eigenvalue weighted by Gasteiger charge is -2.19. The molecule has 124 valence electrons. The predicted octanol–water partition coefficient (Wildman–Crippen LogP) is 1.37. The summed E-state index contributed by atoms with van der Waals surface area (Å²) in [6.45, 7) is 3.37. The van der Waals surface area contributed by atoms with Crippen molar-refractivity contribution < 1.29 is 22.3 Å². The third kappa shape index (κ3) is 4.41. The Kier molecular flexibility index (Phi) is 6.31. The first-order valence-corrected chi connectivity index (χ1v) is 8.25. The van der Waals surface area contributed by atoms with Crippen LogP contribution < -0.4 is 10.1 Å². The average Bonchev–Trinajstić information content (AvgIpc) is 2.46. The first-order valence-electron chi connectivity index (χ1n) is 6.81. The van der Waals surface area contributed by atoms with Gasteiger partial charge in [0.25, 0.3) is 0 Å². The van der Waals surface area contributed by atoms with Gasteiger partial charge in [-0.3, -0.25) is 4.79 Å². The van der Waals surface area contributed by atoms with Gasteiger partial charge in [-0.15, -0.1) is 0 Å². The molecule has 22 heavy (non-hydrogen) atoms. The molecule has 1 aromatic carbocycles. The Morgan fingerprint density at radius 2 is 2.09 bits per heavy atom. The minimum Gasteiger partial charge on any atom is -0.495 e. The molecule has 0 aliphatic rings. The minimum absolute atomic E-state index is 0.0237. The molecule has 1 rings (SSSR count). The Bertz CT molecular complexity index is 634. The number of nitrogens with one attached hydrogen (secondary N) is 1. The molecule has 0 spiro atoms. The number of likely N-dealkylation sites (N-methyl/N-ethyl adjacent to an activating group) is 1. The van der Waals surface area contributed by atoms with E-state index in [0.717, 1.165) is 22.9 Å². The molecule has 0 fully saturated rings. The fourth-order valence-electron chi connectivity index (χ4n) is 1.73. The molecule has 0 unspecified atom stereocenters. The molecule has 0 saturated heterocycles. The van der Waals surface area contributed by atoms with Crippen LogP contribution in [0.3, 0.4) is 0 Å². The van der Waals surface area contributed by atoms with Gasteiger partial charge < -0.3 is 10.1 Å². The highest BCUT2D eigenvalue weighted by Gasteiger charge is 2.27. The number of sulfonamides is 1. The normalized spacial score (nSPS) is 13.0. The van der Waals surface area contributed by atoms with Crippen LogP contribution in [0.1, 0.15) is 20.3 Å². The molecule has 0 bridgehead atoms. The number of carbonyl (C=O) groups excluding carboxylic acids is 1. The summed E-state index contributed by atoms with van der Waals surface area (Å²) in [5.74, 6) is -1.09. The molecular weight excluding hydrogens is 311 g/mol. The molecule has 8 heteroatoms. The van der Waals surface area contributed by atoms with Crippen LogP contribution in [0.2, 0.25) is 0 Å². The predicted molar refractivity (Wildman–Crippen MR) is 80.7 cm³/mol. The Morgan fingerprint density at radius 3 is 2.64 bits per heavy atom. The van der Waals surface area contributed by atoms with Gasteiger partial charge in [-0.25, -0.2) is 12.8 Å². The average molecular weight is 332 g/mol. The zero-order valence-electron chi connectivity index (χ0n) is 13.1. The van der Waals surface area contributed by atoms with Crippen molar-refractivity contribution in [3.8, 4) is 5.75 Å². The van der Waals surface area contributed by atoms with Gasteiger partial charge in [-0.2, -0.15) is 4.31 Å². The summed E-state index contributed by atoms with van der Waals surface area (Å²) in [7, 11) is -1.48. The summed E-state index contributed by atoms with van der Waals surface area (Å²) in [5.41, 5.74) is 0. The highest BCUT2D eigenvalue weighted by Crippen LogP contribution is 2.26. The third-order valence-electron chi connectivity index (χ3n) is 3.20. The summed E-state index contributed by atoms with van der Waals surface area (Å²) < 4.78 is 44.1. The number of hydrogen-bond donors (Lipinski definition) is 1. The third-order valence-corrected chi connectivity index (χ3v) is 5.02. The summed E-state index contributed by atoms with van der Waals surface area (Å²) in [6.07, 6.45) is 0.736. The quantitative estimate of drug-likeness (QED) is 0.818. The molecule has 0 aliphatic heterocycles. The van der Waals surface area contributed by atoms with Crippen LogP contribution in [-0.4, -0.2) is 45.4 Å². The number of methoxy groups -OCH3 is 1.